The molecule has 168 valence electrons. The van der Waals surface area contributed by atoms with Crippen molar-refractivity contribution in [2.75, 3.05) is 11.3 Å². The third-order valence-corrected chi connectivity index (χ3v) is 6.20. The van der Waals surface area contributed by atoms with Crippen molar-refractivity contribution in [3.8, 4) is 11.1 Å². The van der Waals surface area contributed by atoms with Crippen LogP contribution >= 0.6 is 11.8 Å². The highest BCUT2D eigenvalue weighted by molar-refractivity contribution is 7.99. The molecule has 0 spiro atoms. The number of rotatable bonds is 6. The third kappa shape index (κ3) is 4.58. The van der Waals surface area contributed by atoms with E-state index in [1.807, 2.05) is 32.9 Å². The van der Waals surface area contributed by atoms with E-state index in [1.54, 1.807) is 41.1 Å². The zero-order valence-electron chi connectivity index (χ0n) is 18.3. The molecule has 0 aliphatic carbocycles. The van der Waals surface area contributed by atoms with Crippen molar-refractivity contribution in [1.82, 2.24) is 4.98 Å². The van der Waals surface area contributed by atoms with Crippen molar-refractivity contribution in [3.05, 3.63) is 93.2 Å². The molecule has 2 aromatic heterocycles. The van der Waals surface area contributed by atoms with E-state index in [4.69, 9.17) is 0 Å². The predicted octanol–water partition coefficient (Wildman–Crippen LogP) is 4.90. The molecular weight excluding hydrogens is 443 g/mol. The zero-order valence-corrected chi connectivity index (χ0v) is 19.1. The molecule has 0 radical (unpaired) electrons. The van der Waals surface area contributed by atoms with Crippen LogP contribution < -0.4 is 10.1 Å². The number of nitrogens with one attached hydrogen (secondary N) is 2. The van der Waals surface area contributed by atoms with Gasteiger partial charge in [0.15, 0.2) is 0 Å². The molecule has 33 heavy (non-hydrogen) atoms. The average Bonchev–Trinajstić information content (AvgIpc) is 3.13. The van der Waals surface area contributed by atoms with E-state index in [-0.39, 0.29) is 17.1 Å². The average molecular weight is 466 g/mol. The summed E-state index contributed by atoms with van der Waals surface area (Å²) in [4.78, 5) is 27.5. The minimum Gasteiger partial charge on any atom is -0.350 e. The first kappa shape index (κ1) is 22.5. The number of H-pyrrole nitrogens is 1. The van der Waals surface area contributed by atoms with Gasteiger partial charge in [0.2, 0.25) is 11.4 Å². The SMILES string of the molecule is Cc1cc(C)[n+](NC(=O)c2[nH]c3ccc(SC[N+](=O)[O-])cc3c2-c2ccccc2F)c(C)c1. The van der Waals surface area contributed by atoms with Gasteiger partial charge in [-0.2, -0.15) is 0 Å². The number of aryl methyl sites for hydroxylation is 3. The second-order valence-corrected chi connectivity index (χ2v) is 8.78. The maximum absolute atomic E-state index is 14.8. The van der Waals surface area contributed by atoms with Crippen molar-refractivity contribution >= 4 is 28.6 Å². The standard InChI is InChI=1S/C24H21FN4O3S/c1-14-10-15(2)29(16(3)11-14)27-24(30)23-22(18-6-4-5-7-20(18)25)19-12-17(33-13-28(31)32)8-9-21(19)26-23/h4-12H,13H2,1-3H3,(H-,26,27,30)/p+1. The Hall–Kier alpha value is -3.72. The van der Waals surface area contributed by atoms with Crippen molar-refractivity contribution in [2.24, 2.45) is 0 Å². The van der Waals surface area contributed by atoms with Gasteiger partial charge in [0, 0.05) is 57.8 Å². The highest BCUT2D eigenvalue weighted by Crippen LogP contribution is 2.36. The van der Waals surface area contributed by atoms with Crippen LogP contribution in [0.2, 0.25) is 0 Å². The lowest BCUT2D eigenvalue weighted by Gasteiger charge is -2.08. The number of halogens is 1. The molecule has 0 aliphatic rings. The van der Waals surface area contributed by atoms with E-state index in [0.29, 0.717) is 21.4 Å². The number of aromatic amines is 1. The summed E-state index contributed by atoms with van der Waals surface area (Å²) < 4.78 is 16.5. The van der Waals surface area contributed by atoms with Gasteiger partial charge in [0.25, 0.3) is 5.88 Å². The maximum atomic E-state index is 14.8. The molecule has 4 aromatic rings. The van der Waals surface area contributed by atoms with Crippen LogP contribution in [0.3, 0.4) is 0 Å². The second kappa shape index (κ2) is 9.03. The highest BCUT2D eigenvalue weighted by Gasteiger charge is 2.25. The van der Waals surface area contributed by atoms with Crippen molar-refractivity contribution in [1.29, 1.82) is 0 Å². The molecule has 2 heterocycles. The van der Waals surface area contributed by atoms with Gasteiger partial charge < -0.3 is 4.98 Å². The monoisotopic (exact) mass is 465 g/mol. The summed E-state index contributed by atoms with van der Waals surface area (Å²) in [5.74, 6) is -1.18. The number of hydrogen-bond donors (Lipinski definition) is 2. The number of pyridine rings is 1. The normalized spacial score (nSPS) is 11.0. The number of benzene rings is 2. The van der Waals surface area contributed by atoms with Crippen LogP contribution in [-0.2, 0) is 0 Å². The smallest absolute Gasteiger partial charge is 0.322 e. The molecule has 2 N–H and O–H groups in total. The van der Waals surface area contributed by atoms with Gasteiger partial charge >= 0.3 is 5.91 Å². The summed E-state index contributed by atoms with van der Waals surface area (Å²) in [5.41, 5.74) is 7.19. The molecule has 2 aromatic carbocycles. The van der Waals surface area contributed by atoms with Gasteiger partial charge in [-0.05, 0) is 48.5 Å². The summed E-state index contributed by atoms with van der Waals surface area (Å²) in [7, 11) is 0. The van der Waals surface area contributed by atoms with Gasteiger partial charge in [0.05, 0.1) is 0 Å². The highest BCUT2D eigenvalue weighted by atomic mass is 32.2. The second-order valence-electron chi connectivity index (χ2n) is 7.76. The lowest BCUT2D eigenvalue weighted by atomic mass is 10.0. The largest absolute Gasteiger partial charge is 0.350 e. The summed E-state index contributed by atoms with van der Waals surface area (Å²) in [6.07, 6.45) is 0. The summed E-state index contributed by atoms with van der Waals surface area (Å²) >= 11 is 1.07. The summed E-state index contributed by atoms with van der Waals surface area (Å²) in [5, 5.41) is 11.4. The molecule has 4 rings (SSSR count). The quantitative estimate of drug-likeness (QED) is 0.139. The molecule has 1 amide bonds. The van der Waals surface area contributed by atoms with Gasteiger partial charge in [0.1, 0.15) is 11.5 Å². The Kier molecular flexibility index (Phi) is 6.15. The van der Waals surface area contributed by atoms with Crippen LogP contribution in [0.15, 0.2) is 59.5 Å². The number of thioether (sulfide) groups is 1. The van der Waals surface area contributed by atoms with E-state index in [9.17, 15) is 19.3 Å². The van der Waals surface area contributed by atoms with Gasteiger partial charge in [-0.3, -0.25) is 14.9 Å². The van der Waals surface area contributed by atoms with Crippen LogP contribution in [0.5, 0.6) is 0 Å². The molecule has 0 unspecified atom stereocenters. The molecule has 0 atom stereocenters. The Labute approximate surface area is 193 Å². The maximum Gasteiger partial charge on any atom is 0.322 e. The first-order valence-electron chi connectivity index (χ1n) is 10.2. The Morgan fingerprint density at radius 3 is 2.48 bits per heavy atom. The number of aromatic nitrogens is 2. The number of amides is 1. The number of hydrogen-bond acceptors (Lipinski definition) is 4. The van der Waals surface area contributed by atoms with Crippen molar-refractivity contribution in [3.63, 3.8) is 0 Å². The number of carbonyl (C=O) groups is 1. The molecule has 9 heteroatoms. The van der Waals surface area contributed by atoms with Crippen LogP contribution in [0.25, 0.3) is 22.0 Å². The molecule has 0 aliphatic heterocycles. The molecule has 0 saturated heterocycles. The molecule has 0 fully saturated rings. The topological polar surface area (TPSA) is 91.9 Å². The van der Waals surface area contributed by atoms with Gasteiger partial charge in [-0.25, -0.2) is 4.39 Å². The van der Waals surface area contributed by atoms with Crippen LogP contribution in [0.1, 0.15) is 27.4 Å². The zero-order chi connectivity index (χ0) is 23.7. The van der Waals surface area contributed by atoms with Gasteiger partial charge in [-0.15, -0.1) is 5.43 Å². The molecule has 0 saturated carbocycles. The first-order valence-corrected chi connectivity index (χ1v) is 11.2. The van der Waals surface area contributed by atoms with E-state index >= 15 is 0 Å². The number of nitrogens with zero attached hydrogens (tertiary/aromatic N) is 2. The Morgan fingerprint density at radius 2 is 1.82 bits per heavy atom. The lowest BCUT2D eigenvalue weighted by molar-refractivity contribution is -0.654. The van der Waals surface area contributed by atoms with E-state index in [1.165, 1.54) is 6.07 Å². The van der Waals surface area contributed by atoms with Crippen LogP contribution in [0.4, 0.5) is 4.39 Å². The predicted molar refractivity (Wildman–Crippen MR) is 126 cm³/mol. The first-order chi connectivity index (χ1) is 15.7. The minimum absolute atomic E-state index is 0.207. The van der Waals surface area contributed by atoms with Crippen LogP contribution in [0, 0.1) is 36.7 Å². The number of fused-ring (bicyclic) bond motifs is 1. The molecular formula is C24H22FN4O3S+. The van der Waals surface area contributed by atoms with E-state index < -0.39 is 16.6 Å². The number of carbonyl (C=O) groups excluding carboxylic acids is 1. The Bertz CT molecular complexity index is 1380. The third-order valence-electron chi connectivity index (χ3n) is 5.27. The molecule has 0 bridgehead atoms. The lowest BCUT2D eigenvalue weighted by Crippen LogP contribution is -2.53. The fourth-order valence-corrected chi connectivity index (χ4v) is 4.56. The van der Waals surface area contributed by atoms with Crippen molar-refractivity contribution in [2.45, 2.75) is 25.7 Å². The summed E-state index contributed by atoms with van der Waals surface area (Å²) in [6.45, 7) is 5.76. The van der Waals surface area contributed by atoms with E-state index in [2.05, 4.69) is 10.4 Å². The number of nitro groups is 1. The molecule has 7 nitrogen and oxygen atoms in total. The van der Waals surface area contributed by atoms with Gasteiger partial charge in [-0.1, -0.05) is 22.9 Å². The summed E-state index contributed by atoms with van der Waals surface area (Å²) in [6, 6.07) is 15.4. The fraction of sp³-hybridized carbons (Fsp3) is 0.167. The minimum atomic E-state index is -0.467. The van der Waals surface area contributed by atoms with Crippen LogP contribution in [-0.4, -0.2) is 21.7 Å². The Morgan fingerprint density at radius 1 is 1.12 bits per heavy atom. The Balaban J connectivity index is 1.85. The fourth-order valence-electron chi connectivity index (χ4n) is 3.94. The van der Waals surface area contributed by atoms with E-state index in [0.717, 1.165) is 28.7 Å². The van der Waals surface area contributed by atoms with Crippen molar-refractivity contribution < 1.29 is 18.8 Å².